The number of aliphatic carboxylic acids is 1. The van der Waals surface area contributed by atoms with Crippen LogP contribution in [0.4, 0.5) is 0 Å². The Balaban J connectivity index is 1.94. The molecule has 0 heterocycles. The number of rotatable bonds is 4. The van der Waals surface area contributed by atoms with E-state index >= 15 is 0 Å². The van der Waals surface area contributed by atoms with Crippen LogP contribution in [0.1, 0.15) is 59.3 Å². The summed E-state index contributed by atoms with van der Waals surface area (Å²) in [6, 6.07) is 0. The predicted molar refractivity (Wildman–Crippen MR) is 72.5 cm³/mol. The van der Waals surface area contributed by atoms with Crippen LogP contribution in [0.5, 0.6) is 0 Å². The molecule has 2 N–H and O–H groups in total. The van der Waals surface area contributed by atoms with Gasteiger partial charge in [-0.15, -0.1) is 0 Å². The third-order valence-electron chi connectivity index (χ3n) is 4.90. The molecule has 0 radical (unpaired) electrons. The highest BCUT2D eigenvalue weighted by Crippen LogP contribution is 2.42. The summed E-state index contributed by atoms with van der Waals surface area (Å²) in [5.41, 5.74) is -0.328. The lowest BCUT2D eigenvalue weighted by Crippen LogP contribution is -2.55. The van der Waals surface area contributed by atoms with Crippen molar-refractivity contribution in [2.24, 2.45) is 17.3 Å². The van der Waals surface area contributed by atoms with Gasteiger partial charge in [0.1, 0.15) is 5.54 Å². The molecule has 0 spiro atoms. The molecule has 0 aromatic rings. The summed E-state index contributed by atoms with van der Waals surface area (Å²) >= 11 is 0. The van der Waals surface area contributed by atoms with E-state index in [2.05, 4.69) is 26.1 Å². The Labute approximate surface area is 110 Å². The molecule has 0 unspecified atom stereocenters. The van der Waals surface area contributed by atoms with E-state index in [0.29, 0.717) is 11.3 Å². The maximum atomic E-state index is 11.6. The lowest BCUT2D eigenvalue weighted by Gasteiger charge is -2.42. The molecule has 0 aromatic carbocycles. The molecule has 0 aliphatic heterocycles. The Bertz CT molecular complexity index is 307. The van der Waals surface area contributed by atoms with Crippen LogP contribution in [-0.2, 0) is 4.79 Å². The maximum absolute atomic E-state index is 11.6. The molecule has 18 heavy (non-hydrogen) atoms. The van der Waals surface area contributed by atoms with Gasteiger partial charge >= 0.3 is 5.97 Å². The van der Waals surface area contributed by atoms with Gasteiger partial charge in [-0.2, -0.15) is 0 Å². The minimum Gasteiger partial charge on any atom is -0.480 e. The van der Waals surface area contributed by atoms with E-state index in [1.54, 1.807) is 0 Å². The zero-order valence-electron chi connectivity index (χ0n) is 12.0. The second-order valence-electron chi connectivity index (χ2n) is 7.35. The summed E-state index contributed by atoms with van der Waals surface area (Å²) in [5, 5.41) is 12.9. The first-order valence-electron chi connectivity index (χ1n) is 7.32. The van der Waals surface area contributed by atoms with Crippen LogP contribution in [0.3, 0.4) is 0 Å². The quantitative estimate of drug-likeness (QED) is 0.809. The zero-order chi connectivity index (χ0) is 13.4. The van der Waals surface area contributed by atoms with Gasteiger partial charge in [-0.25, -0.2) is 0 Å². The molecule has 0 aromatic heterocycles. The fourth-order valence-corrected chi connectivity index (χ4v) is 3.10. The van der Waals surface area contributed by atoms with Gasteiger partial charge in [0.2, 0.25) is 0 Å². The first-order valence-corrected chi connectivity index (χ1v) is 7.32. The number of hydrogen-bond donors (Lipinski definition) is 2. The van der Waals surface area contributed by atoms with Gasteiger partial charge in [0.15, 0.2) is 0 Å². The van der Waals surface area contributed by atoms with Gasteiger partial charge in [-0.1, -0.05) is 20.8 Å². The van der Waals surface area contributed by atoms with Crippen molar-refractivity contribution in [3.05, 3.63) is 0 Å². The number of carboxylic acid groups (broad SMARTS) is 1. The number of hydrogen-bond acceptors (Lipinski definition) is 2. The number of nitrogens with one attached hydrogen (secondary N) is 1. The van der Waals surface area contributed by atoms with E-state index in [1.165, 1.54) is 12.8 Å². The summed E-state index contributed by atoms with van der Waals surface area (Å²) in [6.45, 7) is 7.70. The Morgan fingerprint density at radius 1 is 1.22 bits per heavy atom. The van der Waals surface area contributed by atoms with Gasteiger partial charge in [-0.3, -0.25) is 4.79 Å². The van der Waals surface area contributed by atoms with Gasteiger partial charge in [0.05, 0.1) is 0 Å². The van der Waals surface area contributed by atoms with Crippen molar-refractivity contribution in [1.82, 2.24) is 5.32 Å². The van der Waals surface area contributed by atoms with Crippen molar-refractivity contribution >= 4 is 5.97 Å². The Kier molecular flexibility index (Phi) is 3.72. The standard InChI is InChI=1S/C15H27NO2/c1-14(2,3)12-6-8-15(9-7-12,13(17)18)16-10-11-4-5-11/h11-12,16H,4-10H2,1-3H3,(H,17,18). The number of carbonyl (C=O) groups is 1. The Morgan fingerprint density at radius 3 is 2.17 bits per heavy atom. The van der Waals surface area contributed by atoms with Crippen LogP contribution < -0.4 is 5.32 Å². The van der Waals surface area contributed by atoms with Crippen LogP contribution in [0.25, 0.3) is 0 Å². The largest absolute Gasteiger partial charge is 0.480 e. The van der Waals surface area contributed by atoms with Crippen LogP contribution in [0, 0.1) is 17.3 Å². The molecule has 2 aliphatic carbocycles. The molecule has 0 saturated heterocycles. The topological polar surface area (TPSA) is 49.3 Å². The molecular weight excluding hydrogens is 226 g/mol. The molecule has 0 bridgehead atoms. The fraction of sp³-hybridized carbons (Fsp3) is 0.933. The highest BCUT2D eigenvalue weighted by atomic mass is 16.4. The Morgan fingerprint density at radius 2 is 1.78 bits per heavy atom. The second-order valence-corrected chi connectivity index (χ2v) is 7.35. The third kappa shape index (κ3) is 3.05. The molecule has 0 amide bonds. The van der Waals surface area contributed by atoms with Crippen molar-refractivity contribution in [1.29, 1.82) is 0 Å². The smallest absolute Gasteiger partial charge is 0.323 e. The lowest BCUT2D eigenvalue weighted by molar-refractivity contribution is -0.147. The summed E-state index contributed by atoms with van der Waals surface area (Å²) in [5.74, 6) is 0.754. The minimum atomic E-state index is -0.643. The summed E-state index contributed by atoms with van der Waals surface area (Å²) in [6.07, 6.45) is 6.19. The first kappa shape index (κ1) is 13.9. The minimum absolute atomic E-state index is 0.307. The van der Waals surface area contributed by atoms with E-state index in [4.69, 9.17) is 0 Å². The second kappa shape index (κ2) is 4.84. The van der Waals surface area contributed by atoms with Crippen molar-refractivity contribution in [2.75, 3.05) is 6.54 Å². The third-order valence-corrected chi connectivity index (χ3v) is 4.90. The van der Waals surface area contributed by atoms with Gasteiger partial charge < -0.3 is 10.4 Å². The van der Waals surface area contributed by atoms with E-state index in [-0.39, 0.29) is 0 Å². The molecular formula is C15H27NO2. The summed E-state index contributed by atoms with van der Waals surface area (Å²) < 4.78 is 0. The number of carboxylic acids is 1. The van der Waals surface area contributed by atoms with E-state index in [9.17, 15) is 9.90 Å². The average molecular weight is 253 g/mol. The average Bonchev–Trinajstić information content (AvgIpc) is 3.09. The van der Waals surface area contributed by atoms with Crippen molar-refractivity contribution < 1.29 is 9.90 Å². The highest BCUT2D eigenvalue weighted by Gasteiger charge is 2.44. The first-order chi connectivity index (χ1) is 8.33. The van der Waals surface area contributed by atoms with E-state index in [0.717, 1.165) is 38.1 Å². The van der Waals surface area contributed by atoms with E-state index in [1.807, 2.05) is 0 Å². The van der Waals surface area contributed by atoms with Crippen LogP contribution >= 0.6 is 0 Å². The van der Waals surface area contributed by atoms with Crippen LogP contribution in [-0.4, -0.2) is 23.2 Å². The zero-order valence-corrected chi connectivity index (χ0v) is 12.0. The van der Waals surface area contributed by atoms with Gasteiger partial charge in [-0.05, 0) is 62.3 Å². The van der Waals surface area contributed by atoms with Crippen molar-refractivity contribution in [3.63, 3.8) is 0 Å². The predicted octanol–water partition coefficient (Wildman–Crippen LogP) is 3.05. The molecule has 2 aliphatic rings. The Hall–Kier alpha value is -0.570. The summed E-state index contributed by atoms with van der Waals surface area (Å²) in [4.78, 5) is 11.6. The SMILES string of the molecule is CC(C)(C)C1CCC(NCC2CC2)(C(=O)O)CC1. The highest BCUT2D eigenvalue weighted by molar-refractivity contribution is 5.79. The van der Waals surface area contributed by atoms with E-state index < -0.39 is 11.5 Å². The van der Waals surface area contributed by atoms with Crippen LogP contribution in [0.2, 0.25) is 0 Å². The van der Waals surface area contributed by atoms with Gasteiger partial charge in [0.25, 0.3) is 0 Å². The van der Waals surface area contributed by atoms with Crippen LogP contribution in [0.15, 0.2) is 0 Å². The molecule has 2 fully saturated rings. The molecule has 0 atom stereocenters. The van der Waals surface area contributed by atoms with Gasteiger partial charge in [0, 0.05) is 0 Å². The van der Waals surface area contributed by atoms with Crippen molar-refractivity contribution in [2.45, 2.75) is 64.8 Å². The summed E-state index contributed by atoms with van der Waals surface area (Å²) in [7, 11) is 0. The fourth-order valence-electron chi connectivity index (χ4n) is 3.10. The maximum Gasteiger partial charge on any atom is 0.323 e. The molecule has 3 heteroatoms. The van der Waals surface area contributed by atoms with Crippen molar-refractivity contribution in [3.8, 4) is 0 Å². The molecule has 2 saturated carbocycles. The lowest BCUT2D eigenvalue weighted by atomic mass is 9.67. The monoisotopic (exact) mass is 253 g/mol. The molecule has 104 valence electrons. The normalized spacial score (nSPS) is 33.4. The molecule has 2 rings (SSSR count). The molecule has 3 nitrogen and oxygen atoms in total.